The number of carbonyl (C=O) groups excluding carboxylic acids is 2. The third kappa shape index (κ3) is 4.58. The van der Waals surface area contributed by atoms with Crippen molar-refractivity contribution in [1.29, 1.82) is 0 Å². The second kappa shape index (κ2) is 9.22. The Bertz CT molecular complexity index is 1250. The standard InChI is InChI=1S/C22H24ClN3O5S/c1-4-22(15-8-10-16(23)11-9-15,21(28)24-14-20(27)31-2)26-13-12-17-18(25-32(3,29)30)6-5-7-19(17)26/h5-13,25H,4,14H2,1-3H3,(H,24,28). The van der Waals surface area contributed by atoms with E-state index in [-0.39, 0.29) is 6.54 Å². The first-order valence-corrected chi connectivity index (χ1v) is 12.1. The minimum Gasteiger partial charge on any atom is -0.468 e. The van der Waals surface area contributed by atoms with E-state index in [1.165, 1.54) is 7.11 Å². The molecule has 0 radical (unpaired) electrons. The molecule has 10 heteroatoms. The van der Waals surface area contributed by atoms with E-state index in [1.54, 1.807) is 59.3 Å². The number of methoxy groups -OCH3 is 1. The lowest BCUT2D eigenvalue weighted by Crippen LogP contribution is -2.50. The van der Waals surface area contributed by atoms with Crippen LogP contribution >= 0.6 is 11.6 Å². The highest BCUT2D eigenvalue weighted by Gasteiger charge is 2.41. The molecular formula is C22H24ClN3O5S. The SMILES string of the molecule is CCC(C(=O)NCC(=O)OC)(c1ccc(Cl)cc1)n1ccc2c(NS(C)(=O)=O)cccc21. The Labute approximate surface area is 191 Å². The molecule has 0 bridgehead atoms. The lowest BCUT2D eigenvalue weighted by molar-refractivity contribution is -0.142. The molecule has 1 atom stereocenters. The van der Waals surface area contributed by atoms with Crippen LogP contribution < -0.4 is 10.0 Å². The number of amides is 1. The van der Waals surface area contributed by atoms with Crippen LogP contribution in [0.2, 0.25) is 5.02 Å². The zero-order valence-corrected chi connectivity index (χ0v) is 19.5. The largest absolute Gasteiger partial charge is 0.468 e. The summed E-state index contributed by atoms with van der Waals surface area (Å²) >= 11 is 6.07. The minimum absolute atomic E-state index is 0.287. The molecule has 0 aliphatic rings. The van der Waals surface area contributed by atoms with Crippen molar-refractivity contribution in [3.63, 3.8) is 0 Å². The average molecular weight is 478 g/mol. The van der Waals surface area contributed by atoms with Gasteiger partial charge < -0.3 is 14.6 Å². The van der Waals surface area contributed by atoms with Gasteiger partial charge in [0.05, 0.1) is 24.6 Å². The molecule has 170 valence electrons. The van der Waals surface area contributed by atoms with Gasteiger partial charge in [0.2, 0.25) is 10.0 Å². The van der Waals surface area contributed by atoms with E-state index in [1.807, 2.05) is 6.92 Å². The van der Waals surface area contributed by atoms with Crippen LogP contribution in [0, 0.1) is 0 Å². The fourth-order valence-electron chi connectivity index (χ4n) is 3.80. The van der Waals surface area contributed by atoms with Gasteiger partial charge in [-0.15, -0.1) is 0 Å². The number of fused-ring (bicyclic) bond motifs is 1. The molecule has 0 saturated heterocycles. The van der Waals surface area contributed by atoms with Crippen LogP contribution in [-0.2, 0) is 29.9 Å². The van der Waals surface area contributed by atoms with Gasteiger partial charge in [-0.2, -0.15) is 0 Å². The normalized spacial score (nSPS) is 13.4. The lowest BCUT2D eigenvalue weighted by Gasteiger charge is -2.34. The second-order valence-electron chi connectivity index (χ2n) is 7.28. The topological polar surface area (TPSA) is 106 Å². The summed E-state index contributed by atoms with van der Waals surface area (Å²) in [6, 6.07) is 13.8. The first kappa shape index (κ1) is 23.6. The van der Waals surface area contributed by atoms with Gasteiger partial charge >= 0.3 is 5.97 Å². The highest BCUT2D eigenvalue weighted by Crippen LogP contribution is 2.37. The van der Waals surface area contributed by atoms with Gasteiger partial charge in [0.25, 0.3) is 5.91 Å². The number of nitrogens with one attached hydrogen (secondary N) is 2. The summed E-state index contributed by atoms with van der Waals surface area (Å²) in [5.41, 5.74) is 0.471. The molecule has 8 nitrogen and oxygen atoms in total. The Morgan fingerprint density at radius 2 is 1.81 bits per heavy atom. The van der Waals surface area contributed by atoms with Gasteiger partial charge in [-0.3, -0.25) is 14.3 Å². The van der Waals surface area contributed by atoms with Crippen LogP contribution in [0.25, 0.3) is 10.9 Å². The molecule has 2 aromatic carbocycles. The molecule has 0 fully saturated rings. The highest BCUT2D eigenvalue weighted by molar-refractivity contribution is 7.92. The quantitative estimate of drug-likeness (QED) is 0.485. The maximum absolute atomic E-state index is 13.6. The first-order valence-electron chi connectivity index (χ1n) is 9.82. The van der Waals surface area contributed by atoms with Gasteiger partial charge in [-0.25, -0.2) is 8.42 Å². The van der Waals surface area contributed by atoms with Crippen molar-refractivity contribution in [3.05, 3.63) is 65.3 Å². The van der Waals surface area contributed by atoms with Crippen LogP contribution in [0.4, 0.5) is 5.69 Å². The van der Waals surface area contributed by atoms with E-state index in [2.05, 4.69) is 14.8 Å². The number of carbonyl (C=O) groups is 2. The minimum atomic E-state index is -3.50. The average Bonchev–Trinajstić information content (AvgIpc) is 3.18. The highest BCUT2D eigenvalue weighted by atomic mass is 35.5. The summed E-state index contributed by atoms with van der Waals surface area (Å²) in [4.78, 5) is 25.2. The second-order valence-corrected chi connectivity index (χ2v) is 9.46. The molecular weight excluding hydrogens is 454 g/mol. The molecule has 0 spiro atoms. The van der Waals surface area contributed by atoms with E-state index in [4.69, 9.17) is 11.6 Å². The number of nitrogens with zero attached hydrogens (tertiary/aromatic N) is 1. The molecule has 0 saturated carbocycles. The van der Waals surface area contributed by atoms with Crippen molar-refractivity contribution in [2.24, 2.45) is 0 Å². The Balaban J connectivity index is 2.22. The third-order valence-corrected chi connectivity index (χ3v) is 6.11. The monoisotopic (exact) mass is 477 g/mol. The summed E-state index contributed by atoms with van der Waals surface area (Å²) in [6.45, 7) is 1.57. The van der Waals surface area contributed by atoms with E-state index < -0.39 is 27.4 Å². The van der Waals surface area contributed by atoms with E-state index >= 15 is 0 Å². The van der Waals surface area contributed by atoms with Gasteiger partial charge in [-0.1, -0.05) is 36.7 Å². The van der Waals surface area contributed by atoms with Crippen LogP contribution in [-0.4, -0.2) is 44.8 Å². The number of benzene rings is 2. The third-order valence-electron chi connectivity index (χ3n) is 5.27. The van der Waals surface area contributed by atoms with Crippen molar-refractivity contribution in [2.45, 2.75) is 18.9 Å². The number of hydrogen-bond donors (Lipinski definition) is 2. The van der Waals surface area contributed by atoms with E-state index in [9.17, 15) is 18.0 Å². The number of halogens is 1. The summed E-state index contributed by atoms with van der Waals surface area (Å²) in [6.07, 6.45) is 3.15. The molecule has 3 rings (SSSR count). The molecule has 2 N–H and O–H groups in total. The van der Waals surface area contributed by atoms with E-state index in [0.29, 0.717) is 33.6 Å². The molecule has 0 aliphatic heterocycles. The Morgan fingerprint density at radius 1 is 1.12 bits per heavy atom. The zero-order chi connectivity index (χ0) is 23.5. The summed E-state index contributed by atoms with van der Waals surface area (Å²) in [5, 5.41) is 3.81. The number of rotatable bonds is 8. The van der Waals surface area contributed by atoms with E-state index in [0.717, 1.165) is 6.26 Å². The van der Waals surface area contributed by atoms with Crippen LogP contribution in [0.15, 0.2) is 54.7 Å². The molecule has 1 unspecified atom stereocenters. The van der Waals surface area contributed by atoms with Crippen molar-refractivity contribution in [3.8, 4) is 0 Å². The summed E-state index contributed by atoms with van der Waals surface area (Å²) in [5.74, 6) is -0.983. The van der Waals surface area contributed by atoms with Gasteiger partial charge in [0.15, 0.2) is 0 Å². The van der Waals surface area contributed by atoms with Crippen molar-refractivity contribution in [2.75, 3.05) is 24.6 Å². The zero-order valence-electron chi connectivity index (χ0n) is 17.9. The van der Waals surface area contributed by atoms with Crippen molar-refractivity contribution < 1.29 is 22.7 Å². The lowest BCUT2D eigenvalue weighted by atomic mass is 9.85. The number of aromatic nitrogens is 1. The van der Waals surface area contributed by atoms with Gasteiger partial charge in [-0.05, 0) is 42.3 Å². The number of sulfonamides is 1. The summed E-state index contributed by atoms with van der Waals surface area (Å²) < 4.78 is 32.6. The Morgan fingerprint density at radius 3 is 2.41 bits per heavy atom. The van der Waals surface area contributed by atoms with Crippen LogP contribution in [0.5, 0.6) is 0 Å². The predicted octanol–water partition coefficient (Wildman–Crippen LogP) is 3.11. The summed E-state index contributed by atoms with van der Waals surface area (Å²) in [7, 11) is -2.25. The molecule has 3 aromatic rings. The van der Waals surface area contributed by atoms with Crippen molar-refractivity contribution in [1.82, 2.24) is 9.88 Å². The fraction of sp³-hybridized carbons (Fsp3) is 0.273. The molecule has 1 aromatic heterocycles. The van der Waals surface area contributed by atoms with Crippen LogP contribution in [0.3, 0.4) is 0 Å². The maximum atomic E-state index is 13.6. The smallest absolute Gasteiger partial charge is 0.325 e. The van der Waals surface area contributed by atoms with Crippen molar-refractivity contribution >= 4 is 50.1 Å². The number of ether oxygens (including phenoxy) is 1. The Hall–Kier alpha value is -3.04. The van der Waals surface area contributed by atoms with Gasteiger partial charge in [0.1, 0.15) is 12.1 Å². The maximum Gasteiger partial charge on any atom is 0.325 e. The van der Waals surface area contributed by atoms with Crippen LogP contribution in [0.1, 0.15) is 18.9 Å². The predicted molar refractivity (Wildman–Crippen MR) is 124 cm³/mol. The van der Waals surface area contributed by atoms with Gasteiger partial charge in [0, 0.05) is 16.6 Å². The fourth-order valence-corrected chi connectivity index (χ4v) is 4.50. The molecule has 1 amide bonds. The number of anilines is 1. The first-order chi connectivity index (χ1) is 15.1. The number of esters is 1. The molecule has 0 aliphatic carbocycles. The Kier molecular flexibility index (Phi) is 6.80. The number of hydrogen-bond acceptors (Lipinski definition) is 5. The molecule has 1 heterocycles. The molecule has 32 heavy (non-hydrogen) atoms.